The van der Waals surface area contributed by atoms with Crippen LogP contribution in [0.2, 0.25) is 4.34 Å². The van der Waals surface area contributed by atoms with Crippen molar-refractivity contribution < 1.29 is 19.2 Å². The van der Waals surface area contributed by atoms with E-state index in [4.69, 9.17) is 20.9 Å². The SMILES string of the molecule is CC1(C)OB(c2ccccc2[C@@H]2CN(C(=O)O)Cc3sc(Cl)cc32)OC1(C)C. The van der Waals surface area contributed by atoms with E-state index < -0.39 is 24.4 Å². The third-order valence-corrected chi connectivity index (χ3v) is 7.34. The van der Waals surface area contributed by atoms with E-state index in [-0.39, 0.29) is 5.92 Å². The summed E-state index contributed by atoms with van der Waals surface area (Å²) in [5.74, 6) is -0.112. The number of carboxylic acid groups (broad SMARTS) is 1. The van der Waals surface area contributed by atoms with Gasteiger partial charge in [-0.1, -0.05) is 35.9 Å². The predicted octanol–water partition coefficient (Wildman–Crippen LogP) is 4.33. The van der Waals surface area contributed by atoms with Crippen molar-refractivity contribution in [1.82, 2.24) is 4.90 Å². The Morgan fingerprint density at radius 1 is 1.21 bits per heavy atom. The number of amides is 1. The first-order valence-corrected chi connectivity index (χ1v) is 10.5. The number of hydrogen-bond acceptors (Lipinski definition) is 4. The summed E-state index contributed by atoms with van der Waals surface area (Å²) < 4.78 is 13.2. The molecule has 0 spiro atoms. The average molecular weight is 420 g/mol. The highest BCUT2D eigenvalue weighted by atomic mass is 35.5. The van der Waals surface area contributed by atoms with Crippen LogP contribution >= 0.6 is 22.9 Å². The van der Waals surface area contributed by atoms with E-state index in [0.717, 1.165) is 21.5 Å². The zero-order valence-corrected chi connectivity index (χ0v) is 17.9. The van der Waals surface area contributed by atoms with E-state index >= 15 is 0 Å². The average Bonchev–Trinajstić information content (AvgIpc) is 3.09. The minimum absolute atomic E-state index is 0.112. The number of fused-ring (bicyclic) bond motifs is 1. The first-order chi connectivity index (χ1) is 13.1. The second-order valence-electron chi connectivity index (χ2n) is 8.36. The van der Waals surface area contributed by atoms with Crippen LogP contribution in [0.4, 0.5) is 4.79 Å². The van der Waals surface area contributed by atoms with Gasteiger partial charge < -0.3 is 19.3 Å². The molecule has 1 N–H and O–H groups in total. The Morgan fingerprint density at radius 2 is 1.86 bits per heavy atom. The molecule has 0 bridgehead atoms. The van der Waals surface area contributed by atoms with Gasteiger partial charge in [0.2, 0.25) is 0 Å². The highest BCUT2D eigenvalue weighted by Crippen LogP contribution is 2.41. The lowest BCUT2D eigenvalue weighted by Crippen LogP contribution is -2.42. The summed E-state index contributed by atoms with van der Waals surface area (Å²) in [6.07, 6.45) is -0.923. The normalized spacial score (nSPS) is 23.0. The molecule has 8 heteroatoms. The molecule has 28 heavy (non-hydrogen) atoms. The summed E-state index contributed by atoms with van der Waals surface area (Å²) in [5.41, 5.74) is 2.16. The summed E-state index contributed by atoms with van der Waals surface area (Å²) in [4.78, 5) is 14.1. The van der Waals surface area contributed by atoms with Gasteiger partial charge in [0.25, 0.3) is 0 Å². The molecule has 148 valence electrons. The van der Waals surface area contributed by atoms with Crippen molar-refractivity contribution in [3.63, 3.8) is 0 Å². The molecule has 0 radical (unpaired) electrons. The van der Waals surface area contributed by atoms with Crippen molar-refractivity contribution in [3.05, 3.63) is 50.7 Å². The molecule has 1 aromatic carbocycles. The van der Waals surface area contributed by atoms with Crippen LogP contribution in [0.15, 0.2) is 30.3 Å². The maximum Gasteiger partial charge on any atom is 0.495 e. The standard InChI is InChI=1S/C20H23BClNO4S/c1-19(2)20(3,4)27-21(26-19)15-8-6-5-7-12(15)14-10-23(18(24)25)11-16-13(14)9-17(22)28-16/h5-9,14H,10-11H2,1-4H3,(H,24,25)/t14-/m0/s1. The Morgan fingerprint density at radius 3 is 2.50 bits per heavy atom. The van der Waals surface area contributed by atoms with Gasteiger partial charge in [-0.25, -0.2) is 4.79 Å². The van der Waals surface area contributed by atoms with E-state index in [2.05, 4.69) is 0 Å². The van der Waals surface area contributed by atoms with E-state index in [1.165, 1.54) is 16.2 Å². The fourth-order valence-corrected chi connectivity index (χ4v) is 5.17. The molecule has 1 aromatic heterocycles. The van der Waals surface area contributed by atoms with Gasteiger partial charge in [-0.15, -0.1) is 11.3 Å². The van der Waals surface area contributed by atoms with Gasteiger partial charge in [0.15, 0.2) is 0 Å². The van der Waals surface area contributed by atoms with Crippen molar-refractivity contribution in [2.75, 3.05) is 6.54 Å². The third kappa shape index (κ3) is 3.24. The number of benzene rings is 1. The molecule has 1 saturated heterocycles. The van der Waals surface area contributed by atoms with Crippen LogP contribution in [-0.2, 0) is 15.9 Å². The van der Waals surface area contributed by atoms with Crippen molar-refractivity contribution in [3.8, 4) is 0 Å². The summed E-state index contributed by atoms with van der Waals surface area (Å²) in [6.45, 7) is 8.86. The number of carbonyl (C=O) groups is 1. The molecular formula is C20H23BClNO4S. The van der Waals surface area contributed by atoms with E-state index in [1.54, 1.807) is 0 Å². The van der Waals surface area contributed by atoms with Gasteiger partial charge in [0, 0.05) is 17.3 Å². The molecule has 3 heterocycles. The topological polar surface area (TPSA) is 59.0 Å². The molecule has 0 saturated carbocycles. The van der Waals surface area contributed by atoms with E-state index in [9.17, 15) is 9.90 Å². The lowest BCUT2D eigenvalue weighted by Gasteiger charge is -2.32. The Bertz CT molecular complexity index is 913. The predicted molar refractivity (Wildman–Crippen MR) is 112 cm³/mol. The van der Waals surface area contributed by atoms with Crippen LogP contribution in [0.3, 0.4) is 0 Å². The Balaban J connectivity index is 1.77. The van der Waals surface area contributed by atoms with Crippen molar-refractivity contribution in [2.24, 2.45) is 0 Å². The van der Waals surface area contributed by atoms with Gasteiger partial charge in [-0.3, -0.25) is 0 Å². The molecule has 1 amide bonds. The highest BCUT2D eigenvalue weighted by Gasteiger charge is 2.52. The maximum atomic E-state index is 11.7. The zero-order chi connectivity index (χ0) is 20.3. The van der Waals surface area contributed by atoms with Gasteiger partial charge in [-0.05, 0) is 50.4 Å². The summed E-state index contributed by atoms with van der Waals surface area (Å²) >= 11 is 7.72. The molecule has 0 aliphatic carbocycles. The lowest BCUT2D eigenvalue weighted by molar-refractivity contribution is 0.00578. The number of halogens is 1. The second-order valence-corrected chi connectivity index (χ2v) is 10.1. The van der Waals surface area contributed by atoms with Crippen LogP contribution in [0, 0.1) is 0 Å². The molecule has 1 fully saturated rings. The minimum Gasteiger partial charge on any atom is -0.465 e. The van der Waals surface area contributed by atoms with Gasteiger partial charge in [-0.2, -0.15) is 0 Å². The van der Waals surface area contributed by atoms with E-state index in [0.29, 0.717) is 17.4 Å². The minimum atomic E-state index is -0.923. The quantitative estimate of drug-likeness (QED) is 0.736. The fraction of sp³-hybridized carbons (Fsp3) is 0.450. The summed E-state index contributed by atoms with van der Waals surface area (Å²) in [6, 6.07) is 9.93. The van der Waals surface area contributed by atoms with Crippen LogP contribution in [0.1, 0.15) is 49.6 Å². The number of thiophene rings is 1. The molecule has 2 aliphatic rings. The molecular weight excluding hydrogens is 397 g/mol. The molecule has 2 aliphatic heterocycles. The third-order valence-electron chi connectivity index (χ3n) is 6.07. The Labute approximate surface area is 174 Å². The fourth-order valence-electron chi connectivity index (χ4n) is 3.81. The van der Waals surface area contributed by atoms with Crippen LogP contribution < -0.4 is 5.46 Å². The number of rotatable bonds is 2. The van der Waals surface area contributed by atoms with Crippen molar-refractivity contribution in [2.45, 2.75) is 51.4 Å². The van der Waals surface area contributed by atoms with Crippen LogP contribution in [-0.4, -0.2) is 41.0 Å². The monoisotopic (exact) mass is 419 g/mol. The highest BCUT2D eigenvalue weighted by molar-refractivity contribution is 7.16. The lowest BCUT2D eigenvalue weighted by atomic mass is 9.71. The summed E-state index contributed by atoms with van der Waals surface area (Å²) in [5, 5.41) is 9.60. The zero-order valence-electron chi connectivity index (χ0n) is 16.4. The van der Waals surface area contributed by atoms with Crippen LogP contribution in [0.25, 0.3) is 0 Å². The van der Waals surface area contributed by atoms with Crippen LogP contribution in [0.5, 0.6) is 0 Å². The maximum absolute atomic E-state index is 11.7. The van der Waals surface area contributed by atoms with Crippen molar-refractivity contribution in [1.29, 1.82) is 0 Å². The summed E-state index contributed by atoms with van der Waals surface area (Å²) in [7, 11) is -0.501. The molecule has 1 atom stereocenters. The first kappa shape index (κ1) is 19.8. The van der Waals surface area contributed by atoms with Crippen molar-refractivity contribution >= 4 is 41.6 Å². The molecule has 0 unspecified atom stereocenters. The smallest absolute Gasteiger partial charge is 0.465 e. The second kappa shape index (κ2) is 6.77. The van der Waals surface area contributed by atoms with E-state index in [1.807, 2.05) is 58.0 Å². The van der Waals surface area contributed by atoms with Gasteiger partial charge in [0.1, 0.15) is 0 Å². The molecule has 2 aromatic rings. The molecule has 5 nitrogen and oxygen atoms in total. The number of nitrogens with zero attached hydrogens (tertiary/aromatic N) is 1. The van der Waals surface area contributed by atoms with Gasteiger partial charge >= 0.3 is 13.2 Å². The molecule has 4 rings (SSSR count). The number of hydrogen-bond donors (Lipinski definition) is 1. The largest absolute Gasteiger partial charge is 0.495 e. The Hall–Kier alpha value is -1.54. The van der Waals surface area contributed by atoms with Gasteiger partial charge in [0.05, 0.1) is 22.1 Å². The Kier molecular flexibility index (Phi) is 4.78. The first-order valence-electron chi connectivity index (χ1n) is 9.29.